The summed E-state index contributed by atoms with van der Waals surface area (Å²) in [4.78, 5) is 0.199. The van der Waals surface area contributed by atoms with E-state index < -0.39 is 10.0 Å². The van der Waals surface area contributed by atoms with Crippen LogP contribution in [0, 0.1) is 12.3 Å². The van der Waals surface area contributed by atoms with Crippen molar-refractivity contribution in [2.24, 2.45) is 5.41 Å². The molecular formula is C15H23ClN2O3S. The van der Waals surface area contributed by atoms with Crippen LogP contribution in [0.3, 0.4) is 0 Å². The Labute approximate surface area is 137 Å². The topological polar surface area (TPSA) is 67.4 Å². The van der Waals surface area contributed by atoms with Crippen molar-refractivity contribution >= 4 is 21.6 Å². The minimum Gasteiger partial charge on any atom is -0.384 e. The summed E-state index contributed by atoms with van der Waals surface area (Å²) < 4.78 is 32.9. The van der Waals surface area contributed by atoms with Gasteiger partial charge in [0.2, 0.25) is 10.0 Å². The lowest BCUT2D eigenvalue weighted by Crippen LogP contribution is -2.47. The van der Waals surface area contributed by atoms with Crippen LogP contribution in [-0.4, -0.2) is 41.8 Å². The molecule has 0 spiro atoms. The van der Waals surface area contributed by atoms with Gasteiger partial charge in [0.05, 0.1) is 11.5 Å². The number of ether oxygens (including phenoxy) is 1. The normalized spacial score (nSPS) is 18.3. The van der Waals surface area contributed by atoms with E-state index in [1.54, 1.807) is 19.2 Å². The number of sulfonamides is 1. The molecule has 22 heavy (non-hydrogen) atoms. The second-order valence-electron chi connectivity index (χ2n) is 5.92. The van der Waals surface area contributed by atoms with E-state index >= 15 is 0 Å². The van der Waals surface area contributed by atoms with E-state index in [1.165, 1.54) is 6.07 Å². The molecule has 124 valence electrons. The zero-order valence-corrected chi connectivity index (χ0v) is 14.6. The van der Waals surface area contributed by atoms with Gasteiger partial charge in [0, 0.05) is 24.1 Å². The zero-order valence-electron chi connectivity index (χ0n) is 13.0. The van der Waals surface area contributed by atoms with E-state index in [1.807, 2.05) is 6.92 Å². The van der Waals surface area contributed by atoms with Gasteiger partial charge in [-0.15, -0.1) is 0 Å². The Morgan fingerprint density at radius 2 is 2.05 bits per heavy atom. The van der Waals surface area contributed by atoms with Crippen LogP contribution in [0.15, 0.2) is 23.1 Å². The Kier molecular flexibility index (Phi) is 5.85. The SMILES string of the molecule is COCC1(CNS(=O)(=O)c2ccc(C)c(Cl)c2)CCNCC1. The van der Waals surface area contributed by atoms with Crippen LogP contribution in [0.5, 0.6) is 0 Å². The molecule has 5 nitrogen and oxygen atoms in total. The van der Waals surface area contributed by atoms with Crippen molar-refractivity contribution in [1.29, 1.82) is 0 Å². The standard InChI is InChI=1S/C15H23ClN2O3S/c1-12-3-4-13(9-14(12)16)22(19,20)18-10-15(11-21-2)5-7-17-8-6-15/h3-4,9,17-18H,5-8,10-11H2,1-2H3. The smallest absolute Gasteiger partial charge is 0.240 e. The Bertz CT molecular complexity index is 608. The molecule has 0 atom stereocenters. The summed E-state index contributed by atoms with van der Waals surface area (Å²) in [5, 5.41) is 3.75. The van der Waals surface area contributed by atoms with Gasteiger partial charge >= 0.3 is 0 Å². The van der Waals surface area contributed by atoms with Gasteiger partial charge in [0.15, 0.2) is 0 Å². The number of rotatable bonds is 6. The van der Waals surface area contributed by atoms with Crippen LogP contribution in [-0.2, 0) is 14.8 Å². The van der Waals surface area contributed by atoms with Crippen molar-refractivity contribution < 1.29 is 13.2 Å². The van der Waals surface area contributed by atoms with Crippen LogP contribution < -0.4 is 10.0 Å². The maximum Gasteiger partial charge on any atom is 0.240 e. The van der Waals surface area contributed by atoms with Crippen molar-refractivity contribution in [3.05, 3.63) is 28.8 Å². The Morgan fingerprint density at radius 1 is 1.36 bits per heavy atom. The molecule has 0 amide bonds. The highest BCUT2D eigenvalue weighted by molar-refractivity contribution is 7.89. The first kappa shape index (κ1) is 17.7. The van der Waals surface area contributed by atoms with E-state index in [2.05, 4.69) is 10.0 Å². The highest BCUT2D eigenvalue weighted by atomic mass is 35.5. The van der Waals surface area contributed by atoms with Crippen LogP contribution in [0.1, 0.15) is 18.4 Å². The molecule has 1 aliphatic rings. The van der Waals surface area contributed by atoms with Crippen molar-refractivity contribution in [1.82, 2.24) is 10.0 Å². The predicted molar refractivity (Wildman–Crippen MR) is 87.8 cm³/mol. The molecule has 0 saturated carbocycles. The lowest BCUT2D eigenvalue weighted by atomic mass is 9.80. The maximum absolute atomic E-state index is 12.5. The van der Waals surface area contributed by atoms with Crippen molar-refractivity contribution in [2.75, 3.05) is 33.4 Å². The van der Waals surface area contributed by atoms with Gasteiger partial charge in [0.1, 0.15) is 0 Å². The van der Waals surface area contributed by atoms with E-state index in [4.69, 9.17) is 16.3 Å². The quantitative estimate of drug-likeness (QED) is 0.826. The number of hydrogen-bond donors (Lipinski definition) is 2. The van der Waals surface area contributed by atoms with Gasteiger partial charge in [-0.25, -0.2) is 13.1 Å². The van der Waals surface area contributed by atoms with E-state index in [0.29, 0.717) is 18.2 Å². The zero-order chi connectivity index (χ0) is 16.2. The average molecular weight is 347 g/mol. The van der Waals surface area contributed by atoms with Gasteiger partial charge in [0.25, 0.3) is 0 Å². The van der Waals surface area contributed by atoms with E-state index in [-0.39, 0.29) is 10.3 Å². The van der Waals surface area contributed by atoms with Crippen LogP contribution >= 0.6 is 11.6 Å². The molecule has 2 N–H and O–H groups in total. The summed E-state index contributed by atoms with van der Waals surface area (Å²) in [6.45, 7) is 4.51. The molecule has 2 rings (SSSR count). The largest absolute Gasteiger partial charge is 0.384 e. The Hall–Kier alpha value is -0.660. The molecule has 1 heterocycles. The highest BCUT2D eigenvalue weighted by Gasteiger charge is 2.33. The molecule has 0 aromatic heterocycles. The third kappa shape index (κ3) is 4.20. The number of methoxy groups -OCH3 is 1. The average Bonchev–Trinajstić information content (AvgIpc) is 2.49. The number of hydrogen-bond acceptors (Lipinski definition) is 4. The van der Waals surface area contributed by atoms with E-state index in [9.17, 15) is 8.42 Å². The minimum absolute atomic E-state index is 0.151. The molecule has 0 bridgehead atoms. The Balaban J connectivity index is 2.12. The van der Waals surface area contributed by atoms with Gasteiger partial charge in [-0.1, -0.05) is 17.7 Å². The molecule has 1 aromatic rings. The Morgan fingerprint density at radius 3 is 2.64 bits per heavy atom. The van der Waals surface area contributed by atoms with Crippen LogP contribution in [0.2, 0.25) is 5.02 Å². The van der Waals surface area contributed by atoms with Crippen molar-refractivity contribution in [3.63, 3.8) is 0 Å². The summed E-state index contributed by atoms with van der Waals surface area (Å²) in [5.74, 6) is 0. The fourth-order valence-corrected chi connectivity index (χ4v) is 4.14. The molecule has 7 heteroatoms. The van der Waals surface area contributed by atoms with Gasteiger partial charge in [-0.05, 0) is 50.6 Å². The first-order valence-electron chi connectivity index (χ1n) is 7.34. The van der Waals surface area contributed by atoms with Crippen LogP contribution in [0.4, 0.5) is 0 Å². The van der Waals surface area contributed by atoms with Crippen molar-refractivity contribution in [3.8, 4) is 0 Å². The molecule has 0 aliphatic carbocycles. The number of nitrogens with one attached hydrogen (secondary N) is 2. The predicted octanol–water partition coefficient (Wildman–Crippen LogP) is 1.94. The molecule has 0 radical (unpaired) electrons. The first-order chi connectivity index (χ1) is 10.4. The number of piperidine rings is 1. The lowest BCUT2D eigenvalue weighted by molar-refractivity contribution is 0.0577. The summed E-state index contributed by atoms with van der Waals surface area (Å²) in [5.41, 5.74) is 0.705. The molecule has 1 aliphatic heterocycles. The van der Waals surface area contributed by atoms with Crippen molar-refractivity contribution in [2.45, 2.75) is 24.7 Å². The molecule has 1 aromatic carbocycles. The highest BCUT2D eigenvalue weighted by Crippen LogP contribution is 2.29. The summed E-state index contributed by atoms with van der Waals surface area (Å²) in [6.07, 6.45) is 1.77. The van der Waals surface area contributed by atoms with Crippen LogP contribution in [0.25, 0.3) is 0 Å². The van der Waals surface area contributed by atoms with Gasteiger partial charge in [-0.2, -0.15) is 0 Å². The minimum atomic E-state index is -3.57. The number of benzene rings is 1. The summed E-state index contributed by atoms with van der Waals surface area (Å²) >= 11 is 6.03. The third-order valence-electron chi connectivity index (χ3n) is 4.21. The molecular weight excluding hydrogens is 324 g/mol. The summed E-state index contributed by atoms with van der Waals surface area (Å²) in [7, 11) is -1.91. The lowest BCUT2D eigenvalue weighted by Gasteiger charge is -2.37. The third-order valence-corrected chi connectivity index (χ3v) is 6.01. The second kappa shape index (κ2) is 7.27. The molecule has 1 saturated heterocycles. The maximum atomic E-state index is 12.5. The summed E-state index contributed by atoms with van der Waals surface area (Å²) in [6, 6.07) is 4.78. The fourth-order valence-electron chi connectivity index (χ4n) is 2.71. The number of aryl methyl sites for hydroxylation is 1. The molecule has 0 unspecified atom stereocenters. The first-order valence-corrected chi connectivity index (χ1v) is 9.20. The fraction of sp³-hybridized carbons (Fsp3) is 0.600. The number of halogens is 1. The molecule has 1 fully saturated rings. The van der Waals surface area contributed by atoms with Gasteiger partial charge in [-0.3, -0.25) is 0 Å². The van der Waals surface area contributed by atoms with Gasteiger partial charge < -0.3 is 10.1 Å². The second-order valence-corrected chi connectivity index (χ2v) is 8.09. The van der Waals surface area contributed by atoms with E-state index in [0.717, 1.165) is 31.5 Å². The monoisotopic (exact) mass is 346 g/mol.